The molecule has 0 amide bonds. The molecule has 1 aromatic carbocycles. The van der Waals surface area contributed by atoms with E-state index in [0.29, 0.717) is 22.1 Å². The van der Waals surface area contributed by atoms with Crippen LogP contribution < -0.4 is 15.4 Å². The van der Waals surface area contributed by atoms with Gasteiger partial charge in [0.15, 0.2) is 11.7 Å². The van der Waals surface area contributed by atoms with E-state index in [-0.39, 0.29) is 6.61 Å². The van der Waals surface area contributed by atoms with E-state index in [1.807, 2.05) is 0 Å². The molecule has 0 aliphatic carbocycles. The Morgan fingerprint density at radius 3 is 2.54 bits per heavy atom. The average Bonchev–Trinajstić information content (AvgIpc) is 2.52. The topological polar surface area (TPSA) is 96.9 Å². The van der Waals surface area contributed by atoms with E-state index in [1.54, 1.807) is 38.1 Å². The minimum Gasteiger partial charge on any atom is -0.482 e. The second kappa shape index (κ2) is 7.78. The van der Waals surface area contributed by atoms with Crippen LogP contribution in [0.5, 0.6) is 5.75 Å². The van der Waals surface area contributed by atoms with Crippen molar-refractivity contribution in [2.24, 2.45) is 0 Å². The van der Waals surface area contributed by atoms with Gasteiger partial charge in [0.2, 0.25) is 0 Å². The number of thiocarbonyl (C=S) groups is 1. The zero-order chi connectivity index (χ0) is 17.7. The Morgan fingerprint density at radius 2 is 1.96 bits per heavy atom. The molecule has 128 valence electrons. The zero-order valence-corrected chi connectivity index (χ0v) is 14.1. The van der Waals surface area contributed by atoms with Crippen molar-refractivity contribution in [1.82, 2.24) is 10.6 Å². The minimum absolute atomic E-state index is 0.273. The normalized spacial score (nSPS) is 16.9. The molecule has 0 aromatic heterocycles. The highest BCUT2D eigenvalue weighted by molar-refractivity contribution is 7.80. The summed E-state index contributed by atoms with van der Waals surface area (Å²) in [7, 11) is 0. The number of nitrogens with one attached hydrogen (secondary N) is 2. The smallest absolute Gasteiger partial charge is 0.341 e. The van der Waals surface area contributed by atoms with Crippen molar-refractivity contribution in [2.75, 3.05) is 13.2 Å². The Kier molecular flexibility index (Phi) is 5.75. The lowest BCUT2D eigenvalue weighted by atomic mass is 9.95. The van der Waals surface area contributed by atoms with Crippen molar-refractivity contribution in [3.05, 3.63) is 41.1 Å². The van der Waals surface area contributed by atoms with Crippen molar-refractivity contribution < 1.29 is 24.2 Å². The second-order valence-corrected chi connectivity index (χ2v) is 5.45. The molecule has 0 unspecified atom stereocenters. The molecule has 1 atom stereocenters. The highest BCUT2D eigenvalue weighted by Gasteiger charge is 2.30. The molecule has 7 nitrogen and oxygen atoms in total. The summed E-state index contributed by atoms with van der Waals surface area (Å²) in [5, 5.41) is 15.0. The third-order valence-corrected chi connectivity index (χ3v) is 3.56. The van der Waals surface area contributed by atoms with Gasteiger partial charge in [0.25, 0.3) is 0 Å². The SMILES string of the molecule is CCOC(=O)C1=C(C)NC(=S)N[C@@H]1c1ccc(OCC(=O)O)cc1. The summed E-state index contributed by atoms with van der Waals surface area (Å²) < 4.78 is 10.2. The van der Waals surface area contributed by atoms with Crippen LogP contribution in [0.3, 0.4) is 0 Å². The summed E-state index contributed by atoms with van der Waals surface area (Å²) in [5.74, 6) is -1.04. The van der Waals surface area contributed by atoms with Gasteiger partial charge in [0.1, 0.15) is 5.75 Å². The highest BCUT2D eigenvalue weighted by atomic mass is 32.1. The van der Waals surface area contributed by atoms with Crippen LogP contribution in [0.4, 0.5) is 0 Å². The Morgan fingerprint density at radius 1 is 1.29 bits per heavy atom. The highest BCUT2D eigenvalue weighted by Crippen LogP contribution is 2.28. The maximum absolute atomic E-state index is 12.2. The van der Waals surface area contributed by atoms with Crippen molar-refractivity contribution in [3.8, 4) is 5.75 Å². The quantitative estimate of drug-likeness (QED) is 0.525. The molecule has 1 aromatic rings. The van der Waals surface area contributed by atoms with Crippen LogP contribution in [0, 0.1) is 0 Å². The van der Waals surface area contributed by atoms with Gasteiger partial charge in [-0.3, -0.25) is 0 Å². The van der Waals surface area contributed by atoms with E-state index >= 15 is 0 Å². The lowest BCUT2D eigenvalue weighted by molar-refractivity contribution is -0.140. The van der Waals surface area contributed by atoms with Gasteiger partial charge in [-0.15, -0.1) is 0 Å². The molecule has 24 heavy (non-hydrogen) atoms. The summed E-state index contributed by atoms with van der Waals surface area (Å²) in [6.45, 7) is 3.36. The molecule has 0 spiro atoms. The van der Waals surface area contributed by atoms with Crippen molar-refractivity contribution in [2.45, 2.75) is 19.9 Å². The number of benzene rings is 1. The fourth-order valence-electron chi connectivity index (χ4n) is 2.32. The largest absolute Gasteiger partial charge is 0.482 e. The number of esters is 1. The van der Waals surface area contributed by atoms with Gasteiger partial charge in [-0.05, 0) is 43.8 Å². The molecule has 2 rings (SSSR count). The van der Waals surface area contributed by atoms with Gasteiger partial charge in [-0.25, -0.2) is 9.59 Å². The summed E-state index contributed by atoms with van der Waals surface area (Å²) in [4.78, 5) is 22.8. The van der Waals surface area contributed by atoms with E-state index in [1.165, 1.54) is 0 Å². The first kappa shape index (κ1) is 17.7. The fraction of sp³-hybridized carbons (Fsp3) is 0.312. The van der Waals surface area contributed by atoms with Crippen molar-refractivity contribution in [3.63, 3.8) is 0 Å². The van der Waals surface area contributed by atoms with Gasteiger partial charge < -0.3 is 25.2 Å². The summed E-state index contributed by atoms with van der Waals surface area (Å²) in [5.41, 5.74) is 1.86. The molecular weight excluding hydrogens is 332 g/mol. The summed E-state index contributed by atoms with van der Waals surface area (Å²) in [6.07, 6.45) is 0. The molecule has 0 radical (unpaired) electrons. The number of carboxylic acids is 1. The van der Waals surface area contributed by atoms with E-state index in [2.05, 4.69) is 10.6 Å². The van der Waals surface area contributed by atoms with E-state index < -0.39 is 24.6 Å². The molecule has 0 saturated heterocycles. The Bertz CT molecular complexity index is 684. The molecule has 1 aliphatic heterocycles. The maximum Gasteiger partial charge on any atom is 0.341 e. The molecule has 0 bridgehead atoms. The van der Waals surface area contributed by atoms with Crippen molar-refractivity contribution in [1.29, 1.82) is 0 Å². The standard InChI is InChI=1S/C16H18N2O5S/c1-3-22-15(21)13-9(2)17-16(24)18-14(13)10-4-6-11(7-5-10)23-8-12(19)20/h4-7,14H,3,8H2,1-2H3,(H,19,20)(H2,17,18,24)/t14-/m1/s1. The first-order valence-electron chi connectivity index (χ1n) is 7.32. The minimum atomic E-state index is -1.05. The van der Waals surface area contributed by atoms with Crippen LogP contribution in [-0.2, 0) is 14.3 Å². The first-order chi connectivity index (χ1) is 11.4. The number of ether oxygens (including phenoxy) is 2. The lowest BCUT2D eigenvalue weighted by Crippen LogP contribution is -2.45. The molecule has 3 N–H and O–H groups in total. The van der Waals surface area contributed by atoms with Crippen LogP contribution in [0.1, 0.15) is 25.5 Å². The average molecular weight is 350 g/mol. The molecular formula is C16H18N2O5S. The number of hydrogen-bond donors (Lipinski definition) is 3. The van der Waals surface area contributed by atoms with Crippen LogP contribution in [-0.4, -0.2) is 35.4 Å². The zero-order valence-electron chi connectivity index (χ0n) is 13.3. The van der Waals surface area contributed by atoms with Crippen LogP contribution in [0.15, 0.2) is 35.5 Å². The van der Waals surface area contributed by atoms with Gasteiger partial charge in [0.05, 0.1) is 18.2 Å². The third kappa shape index (κ3) is 4.23. The van der Waals surface area contributed by atoms with Crippen LogP contribution in [0.25, 0.3) is 0 Å². The summed E-state index contributed by atoms with van der Waals surface area (Å²) in [6, 6.07) is 6.32. The van der Waals surface area contributed by atoms with Gasteiger partial charge in [-0.2, -0.15) is 0 Å². The molecule has 0 fully saturated rings. The number of rotatable bonds is 6. The number of hydrogen-bond acceptors (Lipinski definition) is 5. The molecule has 1 aliphatic rings. The van der Waals surface area contributed by atoms with E-state index in [4.69, 9.17) is 26.8 Å². The lowest BCUT2D eigenvalue weighted by Gasteiger charge is -2.29. The van der Waals surface area contributed by atoms with Gasteiger partial charge >= 0.3 is 11.9 Å². The molecule has 1 heterocycles. The Hall–Kier alpha value is -2.61. The van der Waals surface area contributed by atoms with Gasteiger partial charge in [0, 0.05) is 5.70 Å². The number of carboxylic acid groups (broad SMARTS) is 1. The fourth-order valence-corrected chi connectivity index (χ4v) is 2.60. The van der Waals surface area contributed by atoms with Crippen LogP contribution in [0.2, 0.25) is 0 Å². The van der Waals surface area contributed by atoms with Gasteiger partial charge in [-0.1, -0.05) is 12.1 Å². The Balaban J connectivity index is 2.26. The first-order valence-corrected chi connectivity index (χ1v) is 7.73. The monoisotopic (exact) mass is 350 g/mol. The second-order valence-electron chi connectivity index (χ2n) is 5.04. The van der Waals surface area contributed by atoms with Crippen molar-refractivity contribution >= 4 is 29.3 Å². The number of allylic oxidation sites excluding steroid dienone is 1. The maximum atomic E-state index is 12.2. The predicted molar refractivity (Wildman–Crippen MR) is 90.5 cm³/mol. The van der Waals surface area contributed by atoms with E-state index in [0.717, 1.165) is 5.56 Å². The Labute approximate surface area is 144 Å². The van der Waals surface area contributed by atoms with Crippen LogP contribution >= 0.6 is 12.2 Å². The molecule has 0 saturated carbocycles. The third-order valence-electron chi connectivity index (χ3n) is 3.34. The predicted octanol–water partition coefficient (Wildman–Crippen LogP) is 1.51. The summed E-state index contributed by atoms with van der Waals surface area (Å²) >= 11 is 5.16. The number of carbonyl (C=O) groups excluding carboxylic acids is 1. The molecule has 8 heteroatoms. The van der Waals surface area contributed by atoms with E-state index in [9.17, 15) is 9.59 Å². The number of carbonyl (C=O) groups is 2. The number of aliphatic carboxylic acids is 1.